The van der Waals surface area contributed by atoms with Gasteiger partial charge in [-0.15, -0.1) is 0 Å². The van der Waals surface area contributed by atoms with Crippen molar-refractivity contribution >= 4 is 11.9 Å². The normalized spacial score (nSPS) is 10.3. The summed E-state index contributed by atoms with van der Waals surface area (Å²) in [6.45, 7) is 0.130. The van der Waals surface area contributed by atoms with Crippen LogP contribution in [0.1, 0.15) is 26.3 Å². The van der Waals surface area contributed by atoms with Gasteiger partial charge in [-0.3, -0.25) is 14.2 Å². The molecule has 23 heavy (non-hydrogen) atoms. The second-order valence-electron chi connectivity index (χ2n) is 4.99. The molecule has 0 bridgehead atoms. The molecule has 0 saturated heterocycles. The molecule has 0 spiro atoms. The zero-order valence-electron chi connectivity index (χ0n) is 12.6. The molecular formula is C15H15N3O5. The molecule has 8 heteroatoms. The van der Waals surface area contributed by atoms with Crippen molar-refractivity contribution in [2.24, 2.45) is 14.1 Å². The molecule has 0 saturated carbocycles. The lowest BCUT2D eigenvalue weighted by atomic mass is 10.1. The van der Waals surface area contributed by atoms with Gasteiger partial charge in [0.05, 0.1) is 5.56 Å². The maximum atomic E-state index is 12.1. The van der Waals surface area contributed by atoms with Crippen LogP contribution < -0.4 is 16.6 Å². The van der Waals surface area contributed by atoms with E-state index in [1.165, 1.54) is 32.4 Å². The number of nitrogens with zero attached hydrogens (tertiary/aromatic N) is 2. The van der Waals surface area contributed by atoms with Crippen molar-refractivity contribution in [3.05, 3.63) is 68.0 Å². The van der Waals surface area contributed by atoms with E-state index in [9.17, 15) is 19.2 Å². The fourth-order valence-corrected chi connectivity index (χ4v) is 2.01. The third-order valence-electron chi connectivity index (χ3n) is 3.35. The van der Waals surface area contributed by atoms with Gasteiger partial charge in [-0.25, -0.2) is 9.59 Å². The van der Waals surface area contributed by atoms with Gasteiger partial charge in [0.25, 0.3) is 11.5 Å². The average Bonchev–Trinajstić information content (AvgIpc) is 2.54. The van der Waals surface area contributed by atoms with Gasteiger partial charge < -0.3 is 15.0 Å². The van der Waals surface area contributed by atoms with Crippen molar-refractivity contribution in [1.82, 2.24) is 14.5 Å². The van der Waals surface area contributed by atoms with Gasteiger partial charge in [-0.05, 0) is 17.7 Å². The van der Waals surface area contributed by atoms with Gasteiger partial charge in [-0.2, -0.15) is 0 Å². The van der Waals surface area contributed by atoms with Crippen LogP contribution in [0.5, 0.6) is 0 Å². The summed E-state index contributed by atoms with van der Waals surface area (Å²) in [7, 11) is 2.75. The van der Waals surface area contributed by atoms with Crippen LogP contribution in [-0.2, 0) is 20.6 Å². The van der Waals surface area contributed by atoms with Crippen molar-refractivity contribution in [1.29, 1.82) is 0 Å². The van der Waals surface area contributed by atoms with Gasteiger partial charge in [0.2, 0.25) is 0 Å². The molecule has 0 atom stereocenters. The molecule has 0 radical (unpaired) electrons. The zero-order valence-corrected chi connectivity index (χ0v) is 12.6. The number of hydrogen-bond donors (Lipinski definition) is 2. The summed E-state index contributed by atoms with van der Waals surface area (Å²) >= 11 is 0. The molecule has 0 aliphatic rings. The number of carbonyl (C=O) groups is 2. The van der Waals surface area contributed by atoms with Crippen molar-refractivity contribution < 1.29 is 14.7 Å². The minimum atomic E-state index is -1.03. The summed E-state index contributed by atoms with van der Waals surface area (Å²) in [4.78, 5) is 46.4. The molecule has 1 aromatic heterocycles. The van der Waals surface area contributed by atoms with Gasteiger partial charge in [0.15, 0.2) is 0 Å². The van der Waals surface area contributed by atoms with E-state index in [0.29, 0.717) is 5.56 Å². The molecule has 0 fully saturated rings. The first-order valence-electron chi connectivity index (χ1n) is 6.68. The van der Waals surface area contributed by atoms with E-state index in [0.717, 1.165) is 9.13 Å². The monoisotopic (exact) mass is 317 g/mol. The summed E-state index contributed by atoms with van der Waals surface area (Å²) in [6, 6.07) is 6.00. The second-order valence-corrected chi connectivity index (χ2v) is 4.99. The Hall–Kier alpha value is -3.16. The number of rotatable bonds is 4. The summed E-state index contributed by atoms with van der Waals surface area (Å²) in [5.41, 5.74) is -0.503. The van der Waals surface area contributed by atoms with E-state index in [4.69, 9.17) is 5.11 Å². The molecule has 2 aromatic rings. The van der Waals surface area contributed by atoms with Crippen molar-refractivity contribution in [2.75, 3.05) is 0 Å². The Balaban J connectivity index is 2.16. The number of carbonyl (C=O) groups excluding carboxylic acids is 1. The topological polar surface area (TPSA) is 110 Å². The number of amides is 1. The van der Waals surface area contributed by atoms with Crippen molar-refractivity contribution in [3.63, 3.8) is 0 Å². The molecule has 1 heterocycles. The molecule has 1 amide bonds. The van der Waals surface area contributed by atoms with E-state index in [1.54, 1.807) is 12.1 Å². The average molecular weight is 317 g/mol. The number of aromatic nitrogens is 2. The molecule has 1 aromatic carbocycles. The summed E-state index contributed by atoms with van der Waals surface area (Å²) in [5, 5.41) is 11.4. The lowest BCUT2D eigenvalue weighted by Gasteiger charge is -2.08. The molecule has 0 unspecified atom stereocenters. The zero-order chi connectivity index (χ0) is 17.1. The van der Waals surface area contributed by atoms with E-state index in [-0.39, 0.29) is 17.7 Å². The highest BCUT2D eigenvalue weighted by Gasteiger charge is 2.14. The van der Waals surface area contributed by atoms with Crippen LogP contribution in [-0.4, -0.2) is 26.1 Å². The lowest BCUT2D eigenvalue weighted by molar-refractivity contribution is 0.0696. The first-order chi connectivity index (χ1) is 10.8. The number of benzene rings is 1. The minimum Gasteiger partial charge on any atom is -0.478 e. The largest absolute Gasteiger partial charge is 0.478 e. The van der Waals surface area contributed by atoms with Crippen LogP contribution in [0, 0.1) is 0 Å². The number of carboxylic acid groups (broad SMARTS) is 1. The predicted octanol–water partition coefficient (Wildman–Crippen LogP) is -0.288. The Kier molecular flexibility index (Phi) is 4.44. The fourth-order valence-electron chi connectivity index (χ4n) is 2.01. The maximum Gasteiger partial charge on any atom is 0.335 e. The third kappa shape index (κ3) is 3.37. The summed E-state index contributed by atoms with van der Waals surface area (Å²) < 4.78 is 2.01. The first-order valence-corrected chi connectivity index (χ1v) is 6.68. The minimum absolute atomic E-state index is 0.130. The Morgan fingerprint density at radius 3 is 2.30 bits per heavy atom. The fraction of sp³-hybridized carbons (Fsp3) is 0.200. The van der Waals surface area contributed by atoms with Crippen molar-refractivity contribution in [2.45, 2.75) is 6.54 Å². The number of nitrogens with one attached hydrogen (secondary N) is 1. The Labute approximate surface area is 130 Å². The van der Waals surface area contributed by atoms with Crippen LogP contribution in [0.25, 0.3) is 0 Å². The number of aromatic carboxylic acids is 1. The number of carboxylic acids is 1. The summed E-state index contributed by atoms with van der Waals surface area (Å²) in [5.74, 6) is -1.64. The van der Waals surface area contributed by atoms with Gasteiger partial charge in [0.1, 0.15) is 5.56 Å². The van der Waals surface area contributed by atoms with Crippen LogP contribution in [0.3, 0.4) is 0 Å². The Morgan fingerprint density at radius 1 is 1.13 bits per heavy atom. The Bertz CT molecular complexity index is 877. The number of aryl methyl sites for hydroxylation is 1. The second kappa shape index (κ2) is 6.30. The van der Waals surface area contributed by atoms with Crippen molar-refractivity contribution in [3.8, 4) is 0 Å². The Morgan fingerprint density at radius 2 is 1.74 bits per heavy atom. The van der Waals surface area contributed by atoms with Gasteiger partial charge >= 0.3 is 11.7 Å². The van der Waals surface area contributed by atoms with Crippen LogP contribution >= 0.6 is 0 Å². The van der Waals surface area contributed by atoms with Crippen LogP contribution in [0.15, 0.2) is 40.1 Å². The lowest BCUT2D eigenvalue weighted by Crippen LogP contribution is -2.41. The molecular weight excluding hydrogens is 302 g/mol. The number of hydrogen-bond acceptors (Lipinski definition) is 4. The predicted molar refractivity (Wildman–Crippen MR) is 81.5 cm³/mol. The third-order valence-corrected chi connectivity index (χ3v) is 3.35. The highest BCUT2D eigenvalue weighted by Crippen LogP contribution is 2.04. The van der Waals surface area contributed by atoms with E-state index >= 15 is 0 Å². The van der Waals surface area contributed by atoms with E-state index in [1.807, 2.05) is 0 Å². The molecule has 0 aliphatic carbocycles. The molecule has 2 rings (SSSR count). The quantitative estimate of drug-likeness (QED) is 0.805. The van der Waals surface area contributed by atoms with E-state index in [2.05, 4.69) is 5.32 Å². The van der Waals surface area contributed by atoms with Crippen LogP contribution in [0.4, 0.5) is 0 Å². The van der Waals surface area contributed by atoms with Gasteiger partial charge in [0, 0.05) is 26.8 Å². The standard InChI is InChI=1S/C15H15N3O5/c1-17-8-11(13(20)18(2)15(17)23)12(19)16-7-9-3-5-10(6-4-9)14(21)22/h3-6,8H,7H2,1-2H3,(H,16,19)(H,21,22). The SMILES string of the molecule is Cn1cc(C(=O)NCc2ccc(C(=O)O)cc2)c(=O)n(C)c1=O. The van der Waals surface area contributed by atoms with Gasteiger partial charge in [-0.1, -0.05) is 12.1 Å². The highest BCUT2D eigenvalue weighted by atomic mass is 16.4. The van der Waals surface area contributed by atoms with E-state index < -0.39 is 23.1 Å². The molecule has 8 nitrogen and oxygen atoms in total. The molecule has 0 aliphatic heterocycles. The molecule has 120 valence electrons. The summed E-state index contributed by atoms with van der Waals surface area (Å²) in [6.07, 6.45) is 1.19. The highest BCUT2D eigenvalue weighted by molar-refractivity contribution is 5.93. The maximum absolute atomic E-state index is 12.1. The molecule has 2 N–H and O–H groups in total. The van der Waals surface area contributed by atoms with Crippen LogP contribution in [0.2, 0.25) is 0 Å². The first kappa shape index (κ1) is 16.2. The smallest absolute Gasteiger partial charge is 0.335 e.